The minimum atomic E-state index is -0.285. The molecule has 100 valence electrons. The Morgan fingerprint density at radius 2 is 1.85 bits per heavy atom. The number of rotatable bonds is 2. The molecule has 5 nitrogen and oxygen atoms in total. The number of benzene rings is 1. The van der Waals surface area contributed by atoms with Gasteiger partial charge in [0.25, 0.3) is 0 Å². The first-order valence-corrected chi connectivity index (χ1v) is 6.04. The van der Waals surface area contributed by atoms with Crippen LogP contribution in [0.2, 0.25) is 0 Å². The van der Waals surface area contributed by atoms with E-state index in [2.05, 4.69) is 15.1 Å². The first-order valence-electron chi connectivity index (χ1n) is 6.04. The first kappa shape index (κ1) is 12.3. The highest BCUT2D eigenvalue weighted by molar-refractivity contribution is 5.63. The third kappa shape index (κ3) is 2.23. The van der Waals surface area contributed by atoms with Crippen LogP contribution in [0.3, 0.4) is 0 Å². The zero-order valence-corrected chi connectivity index (χ0v) is 10.8. The van der Waals surface area contributed by atoms with Gasteiger partial charge in [-0.15, -0.1) is 0 Å². The Hall–Kier alpha value is -2.76. The predicted molar refractivity (Wildman–Crippen MR) is 73.7 cm³/mol. The van der Waals surface area contributed by atoms with Crippen molar-refractivity contribution in [3.63, 3.8) is 0 Å². The molecule has 2 aromatic heterocycles. The van der Waals surface area contributed by atoms with E-state index >= 15 is 0 Å². The zero-order chi connectivity index (χ0) is 14.1. The second kappa shape index (κ2) is 4.73. The van der Waals surface area contributed by atoms with Gasteiger partial charge < -0.3 is 5.73 Å². The van der Waals surface area contributed by atoms with E-state index in [0.717, 1.165) is 11.3 Å². The van der Waals surface area contributed by atoms with Crippen LogP contribution in [0, 0.1) is 12.7 Å². The fraction of sp³-hybridized carbons (Fsp3) is 0.0714. The Morgan fingerprint density at radius 3 is 2.55 bits per heavy atom. The van der Waals surface area contributed by atoms with Crippen LogP contribution >= 0.6 is 0 Å². The van der Waals surface area contributed by atoms with E-state index in [1.807, 2.05) is 6.92 Å². The number of aromatic nitrogens is 4. The SMILES string of the molecule is Cc1cc(-n2nc(-c3ccc(F)cc3)cc2N)ncn1. The summed E-state index contributed by atoms with van der Waals surface area (Å²) < 4.78 is 14.5. The Bertz CT molecular complexity index is 749. The van der Waals surface area contributed by atoms with Crippen molar-refractivity contribution in [2.45, 2.75) is 6.92 Å². The molecule has 0 bridgehead atoms. The van der Waals surface area contributed by atoms with Gasteiger partial charge in [-0.1, -0.05) is 0 Å². The van der Waals surface area contributed by atoms with Gasteiger partial charge in [-0.05, 0) is 31.2 Å². The van der Waals surface area contributed by atoms with Crippen molar-refractivity contribution in [3.8, 4) is 17.1 Å². The molecule has 20 heavy (non-hydrogen) atoms. The normalized spacial score (nSPS) is 10.7. The maximum Gasteiger partial charge on any atom is 0.159 e. The van der Waals surface area contributed by atoms with E-state index in [1.54, 1.807) is 24.3 Å². The molecule has 0 saturated heterocycles. The molecule has 1 aromatic carbocycles. The van der Waals surface area contributed by atoms with E-state index in [0.29, 0.717) is 17.3 Å². The average Bonchev–Trinajstić information content (AvgIpc) is 2.82. The quantitative estimate of drug-likeness (QED) is 0.775. The van der Waals surface area contributed by atoms with Crippen molar-refractivity contribution >= 4 is 5.82 Å². The smallest absolute Gasteiger partial charge is 0.159 e. The molecule has 0 unspecified atom stereocenters. The number of nitrogen functional groups attached to an aromatic ring is 1. The molecule has 3 aromatic rings. The van der Waals surface area contributed by atoms with Gasteiger partial charge in [0, 0.05) is 23.4 Å². The molecule has 0 saturated carbocycles. The third-order valence-electron chi connectivity index (χ3n) is 2.88. The molecular weight excluding hydrogens is 257 g/mol. The molecule has 0 aliphatic rings. The van der Waals surface area contributed by atoms with Crippen LogP contribution in [0.15, 0.2) is 42.7 Å². The number of nitrogens with zero attached hydrogens (tertiary/aromatic N) is 4. The van der Waals surface area contributed by atoms with Crippen molar-refractivity contribution in [1.29, 1.82) is 0 Å². The summed E-state index contributed by atoms with van der Waals surface area (Å²) in [6.07, 6.45) is 1.46. The Kier molecular flexibility index (Phi) is 2.90. The summed E-state index contributed by atoms with van der Waals surface area (Å²) >= 11 is 0. The Balaban J connectivity index is 2.05. The molecule has 0 aliphatic heterocycles. The highest BCUT2D eigenvalue weighted by Crippen LogP contribution is 2.22. The lowest BCUT2D eigenvalue weighted by molar-refractivity contribution is 0.628. The van der Waals surface area contributed by atoms with Crippen LogP contribution < -0.4 is 5.73 Å². The molecule has 3 rings (SSSR count). The fourth-order valence-electron chi connectivity index (χ4n) is 1.90. The zero-order valence-electron chi connectivity index (χ0n) is 10.8. The van der Waals surface area contributed by atoms with Gasteiger partial charge in [-0.25, -0.2) is 14.4 Å². The fourth-order valence-corrected chi connectivity index (χ4v) is 1.90. The van der Waals surface area contributed by atoms with Gasteiger partial charge >= 0.3 is 0 Å². The van der Waals surface area contributed by atoms with Crippen LogP contribution in [0.5, 0.6) is 0 Å². The summed E-state index contributed by atoms with van der Waals surface area (Å²) in [6.45, 7) is 1.87. The molecular formula is C14H12FN5. The summed E-state index contributed by atoms with van der Waals surface area (Å²) in [6, 6.07) is 9.61. The average molecular weight is 269 g/mol. The molecule has 0 spiro atoms. The van der Waals surface area contributed by atoms with E-state index < -0.39 is 0 Å². The highest BCUT2D eigenvalue weighted by atomic mass is 19.1. The number of halogens is 1. The topological polar surface area (TPSA) is 69.6 Å². The second-order valence-electron chi connectivity index (χ2n) is 4.39. The van der Waals surface area contributed by atoms with Crippen LogP contribution in [0.25, 0.3) is 17.1 Å². The number of nitrogens with two attached hydrogens (primary N) is 1. The van der Waals surface area contributed by atoms with Crippen LogP contribution in [0.1, 0.15) is 5.69 Å². The molecule has 0 amide bonds. The molecule has 0 fully saturated rings. The number of hydrogen-bond donors (Lipinski definition) is 1. The van der Waals surface area contributed by atoms with Gasteiger partial charge in [-0.3, -0.25) is 0 Å². The monoisotopic (exact) mass is 269 g/mol. The second-order valence-corrected chi connectivity index (χ2v) is 4.39. The molecule has 6 heteroatoms. The van der Waals surface area contributed by atoms with Crippen molar-refractivity contribution in [3.05, 3.63) is 54.2 Å². The van der Waals surface area contributed by atoms with Crippen LogP contribution in [0.4, 0.5) is 10.2 Å². The Labute approximate surface area is 114 Å². The molecule has 0 radical (unpaired) electrons. The number of hydrogen-bond acceptors (Lipinski definition) is 4. The van der Waals surface area contributed by atoms with Gasteiger partial charge in [0.1, 0.15) is 18.0 Å². The first-order chi connectivity index (χ1) is 9.63. The number of aryl methyl sites for hydroxylation is 1. The standard InChI is InChI=1S/C14H12FN5/c1-9-6-14(18-8-17-9)20-13(16)7-12(19-20)10-2-4-11(15)5-3-10/h2-8H,16H2,1H3. The molecule has 2 N–H and O–H groups in total. The van der Waals surface area contributed by atoms with E-state index in [9.17, 15) is 4.39 Å². The van der Waals surface area contributed by atoms with Crippen LogP contribution in [-0.4, -0.2) is 19.7 Å². The van der Waals surface area contributed by atoms with Gasteiger partial charge in [0.05, 0.1) is 5.69 Å². The lowest BCUT2D eigenvalue weighted by Gasteiger charge is -2.02. The summed E-state index contributed by atoms with van der Waals surface area (Å²) in [7, 11) is 0. The van der Waals surface area contributed by atoms with E-state index in [4.69, 9.17) is 5.73 Å². The molecule has 2 heterocycles. The van der Waals surface area contributed by atoms with Gasteiger partial charge in [0.2, 0.25) is 0 Å². The number of anilines is 1. The van der Waals surface area contributed by atoms with Crippen LogP contribution in [-0.2, 0) is 0 Å². The third-order valence-corrected chi connectivity index (χ3v) is 2.88. The highest BCUT2D eigenvalue weighted by Gasteiger charge is 2.10. The van der Waals surface area contributed by atoms with Gasteiger partial charge in [0.15, 0.2) is 5.82 Å². The van der Waals surface area contributed by atoms with E-state index in [1.165, 1.54) is 23.1 Å². The lowest BCUT2D eigenvalue weighted by Crippen LogP contribution is -2.04. The predicted octanol–water partition coefficient (Wildman–Crippen LogP) is 2.36. The maximum absolute atomic E-state index is 12.9. The van der Waals surface area contributed by atoms with Crippen molar-refractivity contribution in [2.75, 3.05) is 5.73 Å². The van der Waals surface area contributed by atoms with Gasteiger partial charge in [-0.2, -0.15) is 9.78 Å². The summed E-state index contributed by atoms with van der Waals surface area (Å²) in [5.41, 5.74) is 8.24. The molecule has 0 atom stereocenters. The van der Waals surface area contributed by atoms with Crippen molar-refractivity contribution < 1.29 is 4.39 Å². The largest absolute Gasteiger partial charge is 0.384 e. The summed E-state index contributed by atoms with van der Waals surface area (Å²) in [5, 5.41) is 4.40. The summed E-state index contributed by atoms with van der Waals surface area (Å²) in [4.78, 5) is 8.18. The summed E-state index contributed by atoms with van der Waals surface area (Å²) in [5.74, 6) is 0.776. The minimum absolute atomic E-state index is 0.285. The Morgan fingerprint density at radius 1 is 1.10 bits per heavy atom. The minimum Gasteiger partial charge on any atom is -0.384 e. The van der Waals surface area contributed by atoms with E-state index in [-0.39, 0.29) is 5.82 Å². The van der Waals surface area contributed by atoms with Crippen molar-refractivity contribution in [1.82, 2.24) is 19.7 Å². The lowest BCUT2D eigenvalue weighted by atomic mass is 10.1. The van der Waals surface area contributed by atoms with Crippen molar-refractivity contribution in [2.24, 2.45) is 0 Å². The maximum atomic E-state index is 12.9. The molecule has 0 aliphatic carbocycles.